The van der Waals surface area contributed by atoms with Gasteiger partial charge in [-0.25, -0.2) is 8.42 Å². The summed E-state index contributed by atoms with van der Waals surface area (Å²) in [7, 11) is -3.85. The molecule has 9 heteroatoms. The van der Waals surface area contributed by atoms with Crippen molar-refractivity contribution in [2.24, 2.45) is 0 Å². The molecule has 0 atom stereocenters. The number of carbonyl (C=O) groups excluding carboxylic acids is 1. The van der Waals surface area contributed by atoms with E-state index in [-0.39, 0.29) is 16.4 Å². The normalized spacial score (nSPS) is 11.2. The lowest BCUT2D eigenvalue weighted by molar-refractivity contribution is 0.0952. The molecule has 0 aliphatic carbocycles. The topological polar surface area (TPSA) is 93.1 Å². The number of carbonyl (C=O) groups is 1. The zero-order valence-electron chi connectivity index (χ0n) is 15.8. The average molecular weight is 433 g/mol. The van der Waals surface area contributed by atoms with Gasteiger partial charge in [0.25, 0.3) is 15.9 Å². The van der Waals surface area contributed by atoms with E-state index in [1.165, 1.54) is 24.3 Å². The summed E-state index contributed by atoms with van der Waals surface area (Å²) >= 11 is 5.89. The first-order chi connectivity index (χ1) is 13.8. The Bertz CT molecular complexity index is 1110. The van der Waals surface area contributed by atoms with Crippen molar-refractivity contribution in [1.29, 1.82) is 0 Å². The fraction of sp³-hybridized carbons (Fsp3) is 0.200. The average Bonchev–Trinajstić information content (AvgIpc) is 3.10. The molecule has 0 spiro atoms. The number of rotatable bonds is 8. The summed E-state index contributed by atoms with van der Waals surface area (Å²) in [5.41, 5.74) is 1.70. The van der Waals surface area contributed by atoms with E-state index in [1.54, 1.807) is 30.5 Å². The zero-order chi connectivity index (χ0) is 20.9. The first-order valence-corrected chi connectivity index (χ1v) is 10.9. The Balaban J connectivity index is 1.61. The fourth-order valence-corrected chi connectivity index (χ4v) is 3.99. The number of nitrogens with zero attached hydrogens (tertiary/aromatic N) is 2. The molecule has 3 rings (SSSR count). The molecule has 1 aromatic heterocycles. The maximum absolute atomic E-state index is 12.6. The molecule has 1 amide bonds. The predicted octanol–water partition coefficient (Wildman–Crippen LogP) is 3.47. The fourth-order valence-electron chi connectivity index (χ4n) is 2.70. The number of sulfonamides is 1. The van der Waals surface area contributed by atoms with Crippen molar-refractivity contribution in [2.45, 2.75) is 24.8 Å². The number of hydrogen-bond acceptors (Lipinski definition) is 4. The third-order valence-electron chi connectivity index (χ3n) is 4.10. The van der Waals surface area contributed by atoms with Gasteiger partial charge in [0.1, 0.15) is 0 Å². The van der Waals surface area contributed by atoms with E-state index in [4.69, 9.17) is 11.6 Å². The quantitative estimate of drug-likeness (QED) is 0.533. The highest BCUT2D eigenvalue weighted by molar-refractivity contribution is 7.92. The van der Waals surface area contributed by atoms with Gasteiger partial charge in [-0.1, -0.05) is 23.7 Å². The van der Waals surface area contributed by atoms with Crippen LogP contribution in [0.15, 0.2) is 65.8 Å². The highest BCUT2D eigenvalue weighted by Gasteiger charge is 2.16. The summed E-state index contributed by atoms with van der Waals surface area (Å²) in [4.78, 5) is 12.4. The lowest BCUT2D eigenvalue weighted by Crippen LogP contribution is -2.25. The number of halogens is 1. The standard InChI is InChI=1S/C20H21ClN4O3S/c1-15-13-23-25(14-15)10-4-9-22-20(26)16-5-2-8-19(11-16)29(27,28)24-18-7-3-6-17(21)12-18/h2-3,5-8,11-14,24H,4,9-10H2,1H3,(H,22,26). The maximum Gasteiger partial charge on any atom is 0.261 e. The van der Waals surface area contributed by atoms with Crippen molar-refractivity contribution in [3.63, 3.8) is 0 Å². The minimum absolute atomic E-state index is 0.00265. The second kappa shape index (κ2) is 9.11. The second-order valence-corrected chi connectivity index (χ2v) is 8.65. The van der Waals surface area contributed by atoms with Gasteiger partial charge in [0, 0.05) is 29.9 Å². The highest BCUT2D eigenvalue weighted by atomic mass is 35.5. The molecular weight excluding hydrogens is 412 g/mol. The van der Waals surface area contributed by atoms with Gasteiger partial charge >= 0.3 is 0 Å². The van der Waals surface area contributed by atoms with Crippen LogP contribution in [0.2, 0.25) is 5.02 Å². The van der Waals surface area contributed by atoms with E-state index in [0.29, 0.717) is 30.2 Å². The number of anilines is 1. The number of aryl methyl sites for hydroxylation is 2. The summed E-state index contributed by atoms with van der Waals surface area (Å²) in [6.45, 7) is 3.11. The van der Waals surface area contributed by atoms with Crippen molar-refractivity contribution in [3.8, 4) is 0 Å². The van der Waals surface area contributed by atoms with E-state index in [2.05, 4.69) is 15.1 Å². The molecule has 0 aliphatic rings. The molecule has 2 N–H and O–H groups in total. The summed E-state index contributed by atoms with van der Waals surface area (Å²) in [6, 6.07) is 12.3. The van der Waals surface area contributed by atoms with Gasteiger partial charge in [-0.3, -0.25) is 14.2 Å². The molecule has 0 saturated carbocycles. The van der Waals surface area contributed by atoms with Gasteiger partial charge in [-0.15, -0.1) is 0 Å². The van der Waals surface area contributed by atoms with Gasteiger partial charge in [0.2, 0.25) is 0 Å². The minimum atomic E-state index is -3.85. The summed E-state index contributed by atoms with van der Waals surface area (Å²) in [5.74, 6) is -0.332. The van der Waals surface area contributed by atoms with E-state index in [0.717, 1.165) is 5.56 Å². The lowest BCUT2D eigenvalue weighted by atomic mass is 10.2. The van der Waals surface area contributed by atoms with Gasteiger partial charge in [-0.2, -0.15) is 5.10 Å². The Morgan fingerprint density at radius 2 is 1.97 bits per heavy atom. The first kappa shape index (κ1) is 20.9. The molecule has 7 nitrogen and oxygen atoms in total. The molecule has 29 heavy (non-hydrogen) atoms. The highest BCUT2D eigenvalue weighted by Crippen LogP contribution is 2.20. The Morgan fingerprint density at radius 3 is 2.69 bits per heavy atom. The van der Waals surface area contributed by atoms with Crippen LogP contribution < -0.4 is 10.0 Å². The number of hydrogen-bond donors (Lipinski definition) is 2. The third-order valence-corrected chi connectivity index (χ3v) is 5.71. The SMILES string of the molecule is Cc1cnn(CCCNC(=O)c2cccc(S(=O)(=O)Nc3cccc(Cl)c3)c2)c1. The van der Waals surface area contributed by atoms with Crippen LogP contribution in [-0.2, 0) is 16.6 Å². The molecule has 0 bridgehead atoms. The molecule has 0 aliphatic heterocycles. The number of amides is 1. The van der Waals surface area contributed by atoms with Crippen molar-refractivity contribution in [3.05, 3.63) is 77.1 Å². The van der Waals surface area contributed by atoms with Crippen LogP contribution in [0.3, 0.4) is 0 Å². The maximum atomic E-state index is 12.6. The van der Waals surface area contributed by atoms with E-state index >= 15 is 0 Å². The van der Waals surface area contributed by atoms with Crippen LogP contribution in [0.5, 0.6) is 0 Å². The molecule has 0 saturated heterocycles. The van der Waals surface area contributed by atoms with E-state index in [1.807, 2.05) is 17.8 Å². The summed E-state index contributed by atoms with van der Waals surface area (Å²) < 4.78 is 29.5. The van der Waals surface area contributed by atoms with Crippen molar-refractivity contribution >= 4 is 33.2 Å². The molecular formula is C20H21ClN4O3S. The van der Waals surface area contributed by atoms with Gasteiger partial charge in [-0.05, 0) is 55.3 Å². The van der Waals surface area contributed by atoms with Crippen molar-refractivity contribution in [1.82, 2.24) is 15.1 Å². The molecule has 0 radical (unpaired) electrons. The number of aromatic nitrogens is 2. The van der Waals surface area contributed by atoms with Crippen LogP contribution in [-0.4, -0.2) is 30.7 Å². The van der Waals surface area contributed by atoms with Crippen molar-refractivity contribution < 1.29 is 13.2 Å². The second-order valence-electron chi connectivity index (χ2n) is 6.53. The Kier molecular flexibility index (Phi) is 6.56. The third kappa shape index (κ3) is 5.82. The zero-order valence-corrected chi connectivity index (χ0v) is 17.4. The Morgan fingerprint density at radius 1 is 1.17 bits per heavy atom. The molecule has 152 valence electrons. The van der Waals surface area contributed by atoms with Crippen LogP contribution in [0.25, 0.3) is 0 Å². The monoisotopic (exact) mass is 432 g/mol. The van der Waals surface area contributed by atoms with Crippen molar-refractivity contribution in [2.75, 3.05) is 11.3 Å². The molecule has 3 aromatic rings. The van der Waals surface area contributed by atoms with Crippen LogP contribution >= 0.6 is 11.6 Å². The van der Waals surface area contributed by atoms with E-state index in [9.17, 15) is 13.2 Å². The largest absolute Gasteiger partial charge is 0.352 e. The summed E-state index contributed by atoms with van der Waals surface area (Å²) in [5, 5.41) is 7.41. The first-order valence-electron chi connectivity index (χ1n) is 8.99. The number of nitrogens with one attached hydrogen (secondary N) is 2. The molecule has 2 aromatic carbocycles. The minimum Gasteiger partial charge on any atom is -0.352 e. The van der Waals surface area contributed by atoms with Crippen LogP contribution in [0, 0.1) is 6.92 Å². The van der Waals surface area contributed by atoms with Gasteiger partial charge < -0.3 is 5.32 Å². The molecule has 0 unspecified atom stereocenters. The Labute approximate surface area is 174 Å². The Hall–Kier alpha value is -2.84. The van der Waals surface area contributed by atoms with Gasteiger partial charge in [0.05, 0.1) is 16.8 Å². The van der Waals surface area contributed by atoms with Crippen LogP contribution in [0.1, 0.15) is 22.3 Å². The number of benzene rings is 2. The summed E-state index contributed by atoms with van der Waals surface area (Å²) in [6.07, 6.45) is 4.42. The predicted molar refractivity (Wildman–Crippen MR) is 113 cm³/mol. The molecule has 0 fully saturated rings. The van der Waals surface area contributed by atoms with Gasteiger partial charge in [0.15, 0.2) is 0 Å². The lowest BCUT2D eigenvalue weighted by Gasteiger charge is -2.10. The van der Waals surface area contributed by atoms with E-state index < -0.39 is 10.0 Å². The van der Waals surface area contributed by atoms with Crippen LogP contribution in [0.4, 0.5) is 5.69 Å². The smallest absolute Gasteiger partial charge is 0.261 e. The molecule has 1 heterocycles.